The molecule has 0 amide bonds. The van der Waals surface area contributed by atoms with Crippen molar-refractivity contribution >= 4 is 32.1 Å². The molecule has 0 aromatic heterocycles. The quantitative estimate of drug-likeness (QED) is 0.327. The molecule has 7 heavy (non-hydrogen) atoms. The van der Waals surface area contributed by atoms with Crippen molar-refractivity contribution < 1.29 is 0 Å². The fourth-order valence-electron chi connectivity index (χ4n) is 0.229. The molecule has 40 valence electrons. The third-order valence-electron chi connectivity index (χ3n) is 0.866. The Balaban J connectivity index is 3.35. The Morgan fingerprint density at radius 3 is 2.29 bits per heavy atom. The average molecular weight is 132 g/mol. The van der Waals surface area contributed by atoms with Crippen molar-refractivity contribution in [2.45, 2.75) is 13.3 Å². The number of hydrogen-bond acceptors (Lipinski definition) is 1. The van der Waals surface area contributed by atoms with Crippen LogP contribution in [-0.4, -0.2) is 19.4 Å². The van der Waals surface area contributed by atoms with Gasteiger partial charge in [-0.1, -0.05) is 0 Å². The number of rotatable bonds is 2. The van der Waals surface area contributed by atoms with Crippen LogP contribution in [0.2, 0.25) is 0 Å². The molecule has 0 aliphatic heterocycles. The van der Waals surface area contributed by atoms with Crippen LogP contribution in [0.1, 0.15) is 13.3 Å². The van der Waals surface area contributed by atoms with E-state index >= 15 is 0 Å². The fourth-order valence-corrected chi connectivity index (χ4v) is 1.11. The van der Waals surface area contributed by atoms with Gasteiger partial charge in [0.2, 0.25) is 0 Å². The van der Waals surface area contributed by atoms with Crippen molar-refractivity contribution in [1.82, 2.24) is 0 Å². The normalized spacial score (nSPS) is 13.4. The van der Waals surface area contributed by atoms with Crippen molar-refractivity contribution in [3.63, 3.8) is 0 Å². The van der Waals surface area contributed by atoms with E-state index in [2.05, 4.69) is 33.3 Å². The van der Waals surface area contributed by atoms with Gasteiger partial charge in [0.1, 0.15) is 0 Å². The molecule has 0 saturated heterocycles. The second-order valence-corrected chi connectivity index (χ2v) is 4.92. The zero-order chi connectivity index (χ0) is 5.86. The van der Waals surface area contributed by atoms with Crippen LogP contribution in [0, 0.1) is 0 Å². The van der Waals surface area contributed by atoms with Gasteiger partial charge in [-0.2, -0.15) is 0 Å². The van der Waals surface area contributed by atoms with Gasteiger partial charge in [-0.3, -0.25) is 0 Å². The molecule has 0 bridgehead atoms. The minimum absolute atomic E-state index is 0.162. The standard InChI is InChI=1S/C4H10BPS/c1-3-4(5)6(2)7/h5,7H,3H2,1-2H3. The monoisotopic (exact) mass is 132 g/mol. The molecule has 0 aromatic carbocycles. The summed E-state index contributed by atoms with van der Waals surface area (Å²) in [6, 6.07) is 0. The predicted molar refractivity (Wildman–Crippen MR) is 44.3 cm³/mol. The number of thiol groups is 1. The molecule has 3 heteroatoms. The van der Waals surface area contributed by atoms with Gasteiger partial charge in [0.15, 0.2) is 0 Å². The Kier molecular flexibility index (Phi) is 4.06. The van der Waals surface area contributed by atoms with E-state index in [0.29, 0.717) is 0 Å². The average Bonchev–Trinajstić information content (AvgIpc) is 1.65. The molecule has 0 heterocycles. The molecule has 0 aliphatic rings. The summed E-state index contributed by atoms with van der Waals surface area (Å²) in [6.07, 6.45) is 1.08. The summed E-state index contributed by atoms with van der Waals surface area (Å²) in [5.41, 5.74) is 0. The molecule has 1 atom stereocenters. The summed E-state index contributed by atoms with van der Waals surface area (Å²) < 4.78 is 0. The van der Waals surface area contributed by atoms with Gasteiger partial charge in [0.05, 0.1) is 0 Å². The Morgan fingerprint density at radius 2 is 2.29 bits per heavy atom. The molecule has 0 rings (SSSR count). The van der Waals surface area contributed by atoms with Gasteiger partial charge in [0, 0.05) is 0 Å². The van der Waals surface area contributed by atoms with E-state index in [-0.39, 0.29) is 7.12 Å². The Labute approximate surface area is 52.7 Å². The molecule has 1 unspecified atom stereocenters. The maximum absolute atomic E-state index is 4.24. The summed E-state index contributed by atoms with van der Waals surface area (Å²) in [5.74, 6) is 0. The molecule has 0 fully saturated rings. The van der Waals surface area contributed by atoms with E-state index in [1.165, 1.54) is 5.20 Å². The third-order valence-corrected chi connectivity index (χ3v) is 2.95. The molecular weight excluding hydrogens is 122 g/mol. The molecule has 0 N–H and O–H groups in total. The van der Waals surface area contributed by atoms with E-state index < -0.39 is 0 Å². The van der Waals surface area contributed by atoms with Gasteiger partial charge in [-0.05, 0) is 0 Å². The second kappa shape index (κ2) is 3.68. The predicted octanol–water partition coefficient (Wildman–Crippen LogP) is 1.38. The summed E-state index contributed by atoms with van der Waals surface area (Å²) in [7, 11) is 3.66. The second-order valence-electron chi connectivity index (χ2n) is 1.44. The van der Waals surface area contributed by atoms with Crippen LogP contribution in [0.25, 0.3) is 0 Å². The van der Waals surface area contributed by atoms with Gasteiger partial charge in [-0.15, -0.1) is 0 Å². The topological polar surface area (TPSA) is 0 Å². The minimum atomic E-state index is -0.162. The van der Waals surface area contributed by atoms with Crippen molar-refractivity contribution in [3.05, 3.63) is 0 Å². The molecular formula is C4H10BPS. The SMILES string of the molecule is B=C(CC)P(C)S. The summed E-state index contributed by atoms with van der Waals surface area (Å²) >= 11 is 4.24. The Hall–Kier alpha value is 0.715. The van der Waals surface area contributed by atoms with Crippen molar-refractivity contribution in [2.24, 2.45) is 0 Å². The Bertz CT molecular complexity index is 72.1. The van der Waals surface area contributed by atoms with Crippen LogP contribution in [-0.2, 0) is 0 Å². The first-order chi connectivity index (χ1) is 3.18. The van der Waals surface area contributed by atoms with E-state index in [4.69, 9.17) is 0 Å². The van der Waals surface area contributed by atoms with Crippen LogP contribution in [0.15, 0.2) is 0 Å². The van der Waals surface area contributed by atoms with Crippen molar-refractivity contribution in [2.75, 3.05) is 6.66 Å². The van der Waals surface area contributed by atoms with Crippen LogP contribution < -0.4 is 0 Å². The third kappa shape index (κ3) is 3.31. The summed E-state index contributed by atoms with van der Waals surface area (Å²) in [5, 5.41) is 1.28. The molecule has 0 nitrogen and oxygen atoms in total. The maximum atomic E-state index is 4.24. The van der Waals surface area contributed by atoms with Crippen molar-refractivity contribution in [3.8, 4) is 0 Å². The van der Waals surface area contributed by atoms with Gasteiger partial charge in [-0.25, -0.2) is 0 Å². The zero-order valence-electron chi connectivity index (χ0n) is 4.81. The first kappa shape index (κ1) is 7.71. The molecule has 0 aliphatic carbocycles. The van der Waals surface area contributed by atoms with E-state index in [9.17, 15) is 0 Å². The van der Waals surface area contributed by atoms with Crippen molar-refractivity contribution in [1.29, 1.82) is 0 Å². The van der Waals surface area contributed by atoms with Crippen LogP contribution in [0.4, 0.5) is 0 Å². The molecule has 0 aromatic rings. The van der Waals surface area contributed by atoms with Gasteiger partial charge >= 0.3 is 52.1 Å². The van der Waals surface area contributed by atoms with Gasteiger partial charge < -0.3 is 0 Å². The van der Waals surface area contributed by atoms with E-state index in [1.54, 1.807) is 0 Å². The van der Waals surface area contributed by atoms with Crippen LogP contribution >= 0.6 is 19.4 Å². The van der Waals surface area contributed by atoms with E-state index in [0.717, 1.165) is 6.42 Å². The first-order valence-corrected chi connectivity index (χ1v) is 5.23. The summed E-state index contributed by atoms with van der Waals surface area (Å²) in [6.45, 7) is 4.21. The number of hydrogen-bond donors (Lipinski definition) is 1. The zero-order valence-corrected chi connectivity index (χ0v) is 6.60. The Morgan fingerprint density at radius 1 is 1.86 bits per heavy atom. The molecule has 0 saturated carbocycles. The summed E-state index contributed by atoms with van der Waals surface area (Å²) in [4.78, 5) is 0. The first-order valence-electron chi connectivity index (χ1n) is 2.29. The fraction of sp³-hybridized carbons (Fsp3) is 0.750. The molecule has 0 radical (unpaired) electrons. The van der Waals surface area contributed by atoms with E-state index in [1.807, 2.05) is 0 Å². The van der Waals surface area contributed by atoms with Crippen LogP contribution in [0.3, 0.4) is 0 Å². The molecule has 0 spiro atoms. The van der Waals surface area contributed by atoms with Gasteiger partial charge in [0.25, 0.3) is 0 Å². The van der Waals surface area contributed by atoms with Crippen LogP contribution in [0.5, 0.6) is 0 Å².